The maximum absolute atomic E-state index is 14.4. The molecule has 238 valence electrons. The van der Waals surface area contributed by atoms with Crippen molar-refractivity contribution in [2.45, 2.75) is 31.7 Å². The predicted molar refractivity (Wildman–Crippen MR) is 176 cm³/mol. The second-order valence-corrected chi connectivity index (χ2v) is 11.9. The number of benzene rings is 4. The van der Waals surface area contributed by atoms with Crippen LogP contribution < -0.4 is 5.32 Å². The lowest BCUT2D eigenvalue weighted by Gasteiger charge is -2.46. The van der Waals surface area contributed by atoms with Crippen molar-refractivity contribution >= 4 is 39.6 Å². The van der Waals surface area contributed by atoms with Gasteiger partial charge in [-0.3, -0.25) is 14.6 Å². The SMILES string of the molecule is C=CCN(C(=O)NCc1ccc(F)cc1)N1CC(=O)N2[C@@H](Cc3ccc4occc4c3)C(=O)N(Cc3cccc4ccccc34)C[C@@H]21. The summed E-state index contributed by atoms with van der Waals surface area (Å²) in [6.07, 6.45) is 2.94. The smallest absolute Gasteiger partial charge is 0.332 e. The molecule has 47 heavy (non-hydrogen) atoms. The van der Waals surface area contributed by atoms with Crippen molar-refractivity contribution < 1.29 is 23.2 Å². The molecule has 2 aliphatic heterocycles. The second kappa shape index (κ2) is 12.7. The first-order chi connectivity index (χ1) is 22.9. The number of furan rings is 1. The van der Waals surface area contributed by atoms with Crippen LogP contribution >= 0.6 is 0 Å². The highest BCUT2D eigenvalue weighted by atomic mass is 19.1. The Morgan fingerprint density at radius 1 is 0.979 bits per heavy atom. The first-order valence-corrected chi connectivity index (χ1v) is 15.6. The molecule has 2 saturated heterocycles. The van der Waals surface area contributed by atoms with E-state index >= 15 is 0 Å². The van der Waals surface area contributed by atoms with Crippen LogP contribution in [0.1, 0.15) is 16.7 Å². The number of carbonyl (C=O) groups is 3. The number of hydrogen-bond acceptors (Lipinski definition) is 5. The van der Waals surface area contributed by atoms with E-state index in [0.29, 0.717) is 13.0 Å². The minimum absolute atomic E-state index is 0.0743. The largest absolute Gasteiger partial charge is 0.464 e. The average Bonchev–Trinajstić information content (AvgIpc) is 3.68. The van der Waals surface area contributed by atoms with Crippen LogP contribution in [0.5, 0.6) is 0 Å². The molecule has 1 N–H and O–H groups in total. The molecule has 7 rings (SSSR count). The minimum atomic E-state index is -0.779. The third-order valence-electron chi connectivity index (χ3n) is 8.96. The summed E-state index contributed by atoms with van der Waals surface area (Å²) in [5, 5.41) is 9.15. The molecule has 1 aromatic heterocycles. The number of carbonyl (C=O) groups excluding carboxylic acids is 3. The molecule has 4 amide bonds. The van der Waals surface area contributed by atoms with E-state index in [9.17, 15) is 18.8 Å². The van der Waals surface area contributed by atoms with Crippen LogP contribution in [0, 0.1) is 5.82 Å². The van der Waals surface area contributed by atoms with Gasteiger partial charge in [-0.1, -0.05) is 66.7 Å². The maximum Gasteiger partial charge on any atom is 0.332 e. The lowest BCUT2D eigenvalue weighted by atomic mass is 9.98. The summed E-state index contributed by atoms with van der Waals surface area (Å²) in [6, 6.07) is 26.5. The Balaban J connectivity index is 1.21. The number of hydrazine groups is 1. The number of piperazine rings is 1. The summed E-state index contributed by atoms with van der Waals surface area (Å²) in [5.41, 5.74) is 3.37. The molecule has 0 saturated carbocycles. The van der Waals surface area contributed by atoms with Gasteiger partial charge in [0.05, 0.1) is 25.9 Å². The summed E-state index contributed by atoms with van der Waals surface area (Å²) < 4.78 is 18.9. The monoisotopic (exact) mass is 631 g/mol. The molecular weight excluding hydrogens is 597 g/mol. The molecule has 2 aliphatic rings. The zero-order chi connectivity index (χ0) is 32.5. The lowest BCUT2D eigenvalue weighted by Crippen LogP contribution is -2.66. The molecule has 0 unspecified atom stereocenters. The Bertz CT molecular complexity index is 1970. The number of nitrogens with zero attached hydrogens (tertiary/aromatic N) is 4. The Kier molecular flexibility index (Phi) is 8.17. The molecule has 10 heteroatoms. The fourth-order valence-corrected chi connectivity index (χ4v) is 6.69. The quantitative estimate of drug-likeness (QED) is 0.218. The van der Waals surface area contributed by atoms with Gasteiger partial charge in [0.25, 0.3) is 0 Å². The van der Waals surface area contributed by atoms with Crippen LogP contribution in [0.4, 0.5) is 9.18 Å². The number of fused-ring (bicyclic) bond motifs is 3. The fraction of sp³-hybridized carbons (Fsp3) is 0.216. The summed E-state index contributed by atoms with van der Waals surface area (Å²) in [4.78, 5) is 45.2. The van der Waals surface area contributed by atoms with Crippen LogP contribution in [0.15, 0.2) is 114 Å². The van der Waals surface area contributed by atoms with E-state index in [1.165, 1.54) is 17.1 Å². The van der Waals surface area contributed by atoms with Crippen molar-refractivity contribution in [2.75, 3.05) is 19.6 Å². The second-order valence-electron chi connectivity index (χ2n) is 11.9. The van der Waals surface area contributed by atoms with Crippen molar-refractivity contribution in [3.63, 3.8) is 0 Å². The molecule has 0 bridgehead atoms. The molecule has 0 spiro atoms. The third-order valence-corrected chi connectivity index (χ3v) is 8.96. The van der Waals surface area contributed by atoms with E-state index in [2.05, 4.69) is 11.9 Å². The number of amides is 4. The van der Waals surface area contributed by atoms with Gasteiger partial charge in [0, 0.05) is 24.9 Å². The van der Waals surface area contributed by atoms with Crippen molar-refractivity contribution in [3.8, 4) is 0 Å². The first-order valence-electron chi connectivity index (χ1n) is 15.6. The summed E-state index contributed by atoms with van der Waals surface area (Å²) in [6.45, 7) is 4.65. The van der Waals surface area contributed by atoms with Gasteiger partial charge in [0.2, 0.25) is 11.8 Å². The maximum atomic E-state index is 14.4. The number of urea groups is 1. The normalized spacial score (nSPS) is 18.1. The van der Waals surface area contributed by atoms with E-state index in [4.69, 9.17) is 4.42 Å². The Morgan fingerprint density at radius 3 is 2.60 bits per heavy atom. The summed E-state index contributed by atoms with van der Waals surface area (Å²) in [7, 11) is 0. The van der Waals surface area contributed by atoms with Crippen LogP contribution in [-0.2, 0) is 29.1 Å². The highest BCUT2D eigenvalue weighted by Crippen LogP contribution is 2.32. The van der Waals surface area contributed by atoms with E-state index in [1.54, 1.807) is 39.3 Å². The van der Waals surface area contributed by atoms with Gasteiger partial charge in [0.15, 0.2) is 0 Å². The van der Waals surface area contributed by atoms with Crippen LogP contribution in [-0.4, -0.2) is 69.5 Å². The van der Waals surface area contributed by atoms with Crippen molar-refractivity contribution in [3.05, 3.63) is 132 Å². The van der Waals surface area contributed by atoms with Crippen molar-refractivity contribution in [1.29, 1.82) is 0 Å². The molecule has 0 radical (unpaired) electrons. The molecule has 2 atom stereocenters. The summed E-state index contributed by atoms with van der Waals surface area (Å²) in [5.74, 6) is -0.737. The Morgan fingerprint density at radius 2 is 1.77 bits per heavy atom. The van der Waals surface area contributed by atoms with Crippen LogP contribution in [0.25, 0.3) is 21.7 Å². The number of rotatable bonds is 9. The average molecular weight is 632 g/mol. The van der Waals surface area contributed by atoms with Gasteiger partial charge in [-0.05, 0) is 57.8 Å². The predicted octanol–water partition coefficient (Wildman–Crippen LogP) is 5.46. The van der Waals surface area contributed by atoms with E-state index in [-0.39, 0.29) is 43.8 Å². The third kappa shape index (κ3) is 5.95. The van der Waals surface area contributed by atoms with Gasteiger partial charge < -0.3 is 19.5 Å². The van der Waals surface area contributed by atoms with E-state index in [0.717, 1.165) is 38.4 Å². The number of halogens is 1. The van der Waals surface area contributed by atoms with Gasteiger partial charge in [-0.25, -0.2) is 9.18 Å². The topological polar surface area (TPSA) is 89.3 Å². The van der Waals surface area contributed by atoms with Crippen molar-refractivity contribution in [1.82, 2.24) is 25.1 Å². The number of hydrogen-bond donors (Lipinski definition) is 1. The highest BCUT2D eigenvalue weighted by molar-refractivity contribution is 5.92. The molecule has 3 heterocycles. The molecule has 9 nitrogen and oxygen atoms in total. The zero-order valence-corrected chi connectivity index (χ0v) is 25.7. The first kappa shape index (κ1) is 30.2. The van der Waals surface area contributed by atoms with E-state index < -0.39 is 18.2 Å². The zero-order valence-electron chi connectivity index (χ0n) is 25.7. The molecule has 5 aromatic rings. The standard InChI is InChI=1S/C37H34FN5O4/c1-2-17-41(37(46)39-21-25-10-13-30(38)14-11-25)42-24-35(44)43-32(20-26-12-15-33-28(19-26)16-18-47-33)36(45)40(23-34(42)43)22-29-8-5-7-27-6-3-4-9-31(27)29/h2-16,18-19,32,34H,1,17,20-24H2,(H,39,46)/t32-,34+/m0/s1. The lowest BCUT2D eigenvalue weighted by molar-refractivity contribution is -0.157. The van der Waals surface area contributed by atoms with Crippen LogP contribution in [0.2, 0.25) is 0 Å². The molecule has 0 aliphatic carbocycles. The highest BCUT2D eigenvalue weighted by Gasteiger charge is 2.52. The van der Waals surface area contributed by atoms with E-state index in [1.807, 2.05) is 66.7 Å². The van der Waals surface area contributed by atoms with Crippen molar-refractivity contribution in [2.24, 2.45) is 0 Å². The minimum Gasteiger partial charge on any atom is -0.464 e. The van der Waals surface area contributed by atoms with Gasteiger partial charge in [-0.15, -0.1) is 6.58 Å². The Hall–Kier alpha value is -5.48. The van der Waals surface area contributed by atoms with Gasteiger partial charge in [0.1, 0.15) is 23.6 Å². The van der Waals surface area contributed by atoms with Gasteiger partial charge in [-0.2, -0.15) is 5.01 Å². The molecule has 2 fully saturated rings. The number of nitrogens with one attached hydrogen (secondary N) is 1. The van der Waals surface area contributed by atoms with Gasteiger partial charge >= 0.3 is 6.03 Å². The summed E-state index contributed by atoms with van der Waals surface area (Å²) >= 11 is 0. The molecular formula is C37H34FN5O4. The molecule has 4 aromatic carbocycles. The Labute approximate surface area is 271 Å². The fourth-order valence-electron chi connectivity index (χ4n) is 6.69. The van der Waals surface area contributed by atoms with Crippen LogP contribution in [0.3, 0.4) is 0 Å².